The van der Waals surface area contributed by atoms with Gasteiger partial charge in [0.1, 0.15) is 5.82 Å². The molecule has 0 saturated carbocycles. The van der Waals surface area contributed by atoms with Crippen molar-refractivity contribution in [2.75, 3.05) is 51.5 Å². The number of nitrogens with zero attached hydrogens (tertiary/aromatic N) is 2. The monoisotopic (exact) mass is 378 g/mol. The molecule has 0 N–H and O–H groups in total. The molecule has 2 aliphatic heterocycles. The number of hydrogen-bond acceptors (Lipinski definition) is 4. The van der Waals surface area contributed by atoms with Crippen molar-refractivity contribution in [1.29, 1.82) is 0 Å². The Morgan fingerprint density at radius 2 is 1.89 bits per heavy atom. The van der Waals surface area contributed by atoms with Crippen LogP contribution in [0.3, 0.4) is 0 Å². The molecule has 0 bridgehead atoms. The molecule has 1 atom stereocenters. The molecule has 3 rings (SSSR count). The van der Waals surface area contributed by atoms with E-state index in [1.807, 2.05) is 4.90 Å². The highest BCUT2D eigenvalue weighted by Crippen LogP contribution is 2.28. The maximum absolute atomic E-state index is 13.1. The Morgan fingerprint density at radius 3 is 2.56 bits per heavy atom. The molecule has 148 valence electrons. The van der Waals surface area contributed by atoms with Gasteiger partial charge >= 0.3 is 0 Å². The standard InChI is InChI=1S/C20H27FN2O4/c1-26-10-11-27-14-15-6-8-22(9-7-15)20(25)16-12-19(24)23(13-16)18-4-2-17(21)3-5-18/h2-5,15-16H,6-14H2,1H3. The summed E-state index contributed by atoms with van der Waals surface area (Å²) in [5.41, 5.74) is 0.642. The summed E-state index contributed by atoms with van der Waals surface area (Å²) in [4.78, 5) is 28.6. The lowest BCUT2D eigenvalue weighted by Crippen LogP contribution is -2.43. The molecule has 2 heterocycles. The average Bonchev–Trinajstić information content (AvgIpc) is 3.07. The predicted molar refractivity (Wildman–Crippen MR) is 98.9 cm³/mol. The molecule has 1 aromatic rings. The van der Waals surface area contributed by atoms with E-state index >= 15 is 0 Å². The van der Waals surface area contributed by atoms with Crippen molar-refractivity contribution in [3.8, 4) is 0 Å². The van der Waals surface area contributed by atoms with Crippen LogP contribution in [0.25, 0.3) is 0 Å². The summed E-state index contributed by atoms with van der Waals surface area (Å²) in [5.74, 6) is -0.232. The van der Waals surface area contributed by atoms with Crippen molar-refractivity contribution in [3.05, 3.63) is 30.1 Å². The molecule has 2 saturated heterocycles. The van der Waals surface area contributed by atoms with Crippen LogP contribution in [0.5, 0.6) is 0 Å². The molecule has 1 unspecified atom stereocenters. The quantitative estimate of drug-likeness (QED) is 0.682. The summed E-state index contributed by atoms with van der Waals surface area (Å²) in [5, 5.41) is 0. The Hall–Kier alpha value is -1.99. The fourth-order valence-electron chi connectivity index (χ4n) is 3.71. The summed E-state index contributed by atoms with van der Waals surface area (Å²) < 4.78 is 23.6. The molecule has 2 fully saturated rings. The fourth-order valence-corrected chi connectivity index (χ4v) is 3.71. The van der Waals surface area contributed by atoms with Gasteiger partial charge in [-0.05, 0) is 43.0 Å². The number of amides is 2. The largest absolute Gasteiger partial charge is 0.382 e. The molecule has 0 aliphatic carbocycles. The maximum atomic E-state index is 13.1. The number of rotatable bonds is 7. The topological polar surface area (TPSA) is 59.1 Å². The van der Waals surface area contributed by atoms with Gasteiger partial charge in [-0.25, -0.2) is 4.39 Å². The average molecular weight is 378 g/mol. The number of halogens is 1. The number of ether oxygens (including phenoxy) is 2. The Morgan fingerprint density at radius 1 is 1.19 bits per heavy atom. The molecule has 1 aromatic carbocycles. The summed E-state index contributed by atoms with van der Waals surface area (Å²) in [6.07, 6.45) is 2.05. The highest BCUT2D eigenvalue weighted by Gasteiger charge is 2.38. The lowest BCUT2D eigenvalue weighted by atomic mass is 9.96. The first-order valence-electron chi connectivity index (χ1n) is 9.50. The van der Waals surface area contributed by atoms with E-state index in [1.165, 1.54) is 12.1 Å². The first kappa shape index (κ1) is 19.8. The highest BCUT2D eigenvalue weighted by molar-refractivity contribution is 6.00. The number of anilines is 1. The summed E-state index contributed by atoms with van der Waals surface area (Å²) in [6.45, 7) is 3.67. The van der Waals surface area contributed by atoms with Gasteiger partial charge in [0.15, 0.2) is 0 Å². The van der Waals surface area contributed by atoms with Crippen LogP contribution in [0, 0.1) is 17.7 Å². The molecule has 0 radical (unpaired) electrons. The Balaban J connectivity index is 1.48. The van der Waals surface area contributed by atoms with Gasteiger partial charge in [0.05, 0.1) is 19.1 Å². The third kappa shape index (κ3) is 5.05. The smallest absolute Gasteiger partial charge is 0.228 e. The third-order valence-corrected chi connectivity index (χ3v) is 5.32. The highest BCUT2D eigenvalue weighted by atomic mass is 19.1. The molecule has 7 heteroatoms. The van der Waals surface area contributed by atoms with Gasteiger partial charge in [0.25, 0.3) is 0 Å². The van der Waals surface area contributed by atoms with E-state index in [0.29, 0.717) is 51.1 Å². The molecule has 0 aromatic heterocycles. The number of carbonyl (C=O) groups excluding carboxylic acids is 2. The van der Waals surface area contributed by atoms with Gasteiger partial charge < -0.3 is 19.3 Å². The minimum atomic E-state index is -0.341. The molecule has 6 nitrogen and oxygen atoms in total. The normalized spacial score (nSPS) is 21.1. The fraction of sp³-hybridized carbons (Fsp3) is 0.600. The van der Waals surface area contributed by atoms with Crippen LogP contribution in [0.2, 0.25) is 0 Å². The minimum absolute atomic E-state index is 0.0479. The van der Waals surface area contributed by atoms with Crippen molar-refractivity contribution in [3.63, 3.8) is 0 Å². The maximum Gasteiger partial charge on any atom is 0.228 e. The zero-order valence-electron chi connectivity index (χ0n) is 15.7. The van der Waals surface area contributed by atoms with E-state index in [0.717, 1.165) is 12.8 Å². The lowest BCUT2D eigenvalue weighted by Gasteiger charge is -2.33. The van der Waals surface area contributed by atoms with Gasteiger partial charge in [-0.3, -0.25) is 9.59 Å². The molecular formula is C20H27FN2O4. The van der Waals surface area contributed by atoms with Gasteiger partial charge in [-0.2, -0.15) is 0 Å². The number of benzene rings is 1. The van der Waals surface area contributed by atoms with Gasteiger partial charge in [0, 0.05) is 45.5 Å². The molecule has 2 aliphatic rings. The SMILES string of the molecule is COCCOCC1CCN(C(=O)C2CC(=O)N(c3ccc(F)cc3)C2)CC1. The molecule has 0 spiro atoms. The van der Waals surface area contributed by atoms with E-state index in [9.17, 15) is 14.0 Å². The second-order valence-electron chi connectivity index (χ2n) is 7.22. The zero-order valence-corrected chi connectivity index (χ0v) is 15.7. The van der Waals surface area contributed by atoms with Crippen LogP contribution in [0.15, 0.2) is 24.3 Å². The second kappa shape index (κ2) is 9.28. The van der Waals surface area contributed by atoms with Crippen molar-refractivity contribution in [2.24, 2.45) is 11.8 Å². The Bertz CT molecular complexity index is 644. The second-order valence-corrected chi connectivity index (χ2v) is 7.22. The first-order valence-corrected chi connectivity index (χ1v) is 9.50. The number of hydrogen-bond donors (Lipinski definition) is 0. The Kier molecular flexibility index (Phi) is 6.79. The molecule has 27 heavy (non-hydrogen) atoms. The molecular weight excluding hydrogens is 351 g/mol. The van der Waals surface area contributed by atoms with E-state index in [-0.39, 0.29) is 30.0 Å². The van der Waals surface area contributed by atoms with Crippen molar-refractivity contribution in [2.45, 2.75) is 19.3 Å². The van der Waals surface area contributed by atoms with Crippen LogP contribution in [-0.4, -0.2) is 63.3 Å². The first-order chi connectivity index (χ1) is 13.1. The number of methoxy groups -OCH3 is 1. The zero-order chi connectivity index (χ0) is 19.2. The summed E-state index contributed by atoms with van der Waals surface area (Å²) in [6, 6.07) is 5.82. The summed E-state index contributed by atoms with van der Waals surface area (Å²) in [7, 11) is 1.65. The number of likely N-dealkylation sites (tertiary alicyclic amines) is 1. The predicted octanol–water partition coefficient (Wildman–Crippen LogP) is 2.08. The summed E-state index contributed by atoms with van der Waals surface area (Å²) >= 11 is 0. The van der Waals surface area contributed by atoms with Gasteiger partial charge in [-0.1, -0.05) is 0 Å². The van der Waals surface area contributed by atoms with E-state index < -0.39 is 0 Å². The number of piperidine rings is 1. The Labute approximate surface area is 159 Å². The van der Waals surface area contributed by atoms with Crippen LogP contribution in [0.1, 0.15) is 19.3 Å². The number of carbonyl (C=O) groups is 2. The van der Waals surface area contributed by atoms with E-state index in [2.05, 4.69) is 0 Å². The van der Waals surface area contributed by atoms with Crippen LogP contribution in [-0.2, 0) is 19.1 Å². The van der Waals surface area contributed by atoms with E-state index in [1.54, 1.807) is 24.1 Å². The van der Waals surface area contributed by atoms with Crippen LogP contribution >= 0.6 is 0 Å². The third-order valence-electron chi connectivity index (χ3n) is 5.32. The molecule has 2 amide bonds. The van der Waals surface area contributed by atoms with Crippen LogP contribution in [0.4, 0.5) is 10.1 Å². The van der Waals surface area contributed by atoms with Gasteiger partial charge in [0.2, 0.25) is 11.8 Å². The van der Waals surface area contributed by atoms with Gasteiger partial charge in [-0.15, -0.1) is 0 Å². The van der Waals surface area contributed by atoms with Crippen molar-refractivity contribution >= 4 is 17.5 Å². The van der Waals surface area contributed by atoms with Crippen molar-refractivity contribution < 1.29 is 23.5 Å². The lowest BCUT2D eigenvalue weighted by molar-refractivity contribution is -0.137. The minimum Gasteiger partial charge on any atom is -0.382 e. The van der Waals surface area contributed by atoms with Crippen LogP contribution < -0.4 is 4.90 Å². The van der Waals surface area contributed by atoms with E-state index in [4.69, 9.17) is 9.47 Å². The van der Waals surface area contributed by atoms with Crippen molar-refractivity contribution in [1.82, 2.24) is 4.90 Å².